The number of esters is 2. The highest BCUT2D eigenvalue weighted by molar-refractivity contribution is 7.19. The van der Waals surface area contributed by atoms with E-state index >= 15 is 0 Å². The standard InChI is InChI=1S/C13H20N2O4S/c1-5-15(6-2)11-8(12(16)18-4)9(14)10(20-11)13(17)19-7-3/h5-7,14H2,1-4H3. The topological polar surface area (TPSA) is 81.9 Å². The summed E-state index contributed by atoms with van der Waals surface area (Å²) in [5.74, 6) is -1.06. The summed E-state index contributed by atoms with van der Waals surface area (Å²) in [5, 5.41) is 0.641. The lowest BCUT2D eigenvalue weighted by atomic mass is 10.2. The lowest BCUT2D eigenvalue weighted by Gasteiger charge is -2.20. The van der Waals surface area contributed by atoms with E-state index in [1.54, 1.807) is 6.92 Å². The molecular formula is C13H20N2O4S. The van der Waals surface area contributed by atoms with E-state index in [2.05, 4.69) is 0 Å². The zero-order valence-electron chi connectivity index (χ0n) is 12.2. The van der Waals surface area contributed by atoms with Crippen LogP contribution in [0.3, 0.4) is 0 Å². The van der Waals surface area contributed by atoms with Crippen LogP contribution < -0.4 is 10.6 Å². The molecule has 0 radical (unpaired) electrons. The third-order valence-corrected chi connectivity index (χ3v) is 4.07. The van der Waals surface area contributed by atoms with E-state index in [0.29, 0.717) is 18.1 Å². The molecule has 0 saturated carbocycles. The Morgan fingerprint density at radius 2 is 1.80 bits per heavy atom. The van der Waals surface area contributed by atoms with Crippen molar-refractivity contribution in [1.29, 1.82) is 0 Å². The Hall–Kier alpha value is -1.76. The number of methoxy groups -OCH3 is 1. The van der Waals surface area contributed by atoms with Crippen LogP contribution in [0.15, 0.2) is 0 Å². The Morgan fingerprint density at radius 3 is 2.25 bits per heavy atom. The van der Waals surface area contributed by atoms with Crippen LogP contribution in [-0.2, 0) is 9.47 Å². The molecule has 0 amide bonds. The van der Waals surface area contributed by atoms with Crippen molar-refractivity contribution in [3.63, 3.8) is 0 Å². The average Bonchev–Trinajstić information content (AvgIpc) is 2.77. The second-order valence-electron chi connectivity index (χ2n) is 3.91. The fourth-order valence-corrected chi connectivity index (χ4v) is 3.04. The van der Waals surface area contributed by atoms with Gasteiger partial charge >= 0.3 is 11.9 Å². The molecule has 0 aliphatic carbocycles. The van der Waals surface area contributed by atoms with Gasteiger partial charge in [0.25, 0.3) is 0 Å². The van der Waals surface area contributed by atoms with Gasteiger partial charge in [-0.2, -0.15) is 0 Å². The molecule has 1 rings (SSSR count). The van der Waals surface area contributed by atoms with Crippen LogP contribution in [-0.4, -0.2) is 38.7 Å². The first-order chi connectivity index (χ1) is 9.51. The SMILES string of the molecule is CCOC(=O)c1sc(N(CC)CC)c(C(=O)OC)c1N. The monoisotopic (exact) mass is 300 g/mol. The van der Waals surface area contributed by atoms with Crippen molar-refractivity contribution in [3.8, 4) is 0 Å². The molecule has 0 aliphatic heterocycles. The summed E-state index contributed by atoms with van der Waals surface area (Å²) >= 11 is 1.16. The largest absolute Gasteiger partial charge is 0.465 e. The van der Waals surface area contributed by atoms with Gasteiger partial charge in [-0.15, -0.1) is 11.3 Å². The summed E-state index contributed by atoms with van der Waals surface area (Å²) in [7, 11) is 1.29. The van der Waals surface area contributed by atoms with Gasteiger partial charge in [0.15, 0.2) is 0 Å². The number of carbonyl (C=O) groups is 2. The van der Waals surface area contributed by atoms with Gasteiger partial charge in [-0.3, -0.25) is 0 Å². The number of hydrogen-bond donors (Lipinski definition) is 1. The smallest absolute Gasteiger partial charge is 0.350 e. The second kappa shape index (κ2) is 7.14. The molecule has 6 nitrogen and oxygen atoms in total. The fraction of sp³-hybridized carbons (Fsp3) is 0.538. The van der Waals surface area contributed by atoms with E-state index in [1.807, 2.05) is 18.7 Å². The Kier molecular flexibility index (Phi) is 5.82. The molecule has 0 unspecified atom stereocenters. The molecule has 1 aromatic rings. The third-order valence-electron chi connectivity index (χ3n) is 2.83. The molecular weight excluding hydrogens is 280 g/mol. The maximum Gasteiger partial charge on any atom is 0.350 e. The highest BCUT2D eigenvalue weighted by Gasteiger charge is 2.28. The van der Waals surface area contributed by atoms with Crippen molar-refractivity contribution in [2.24, 2.45) is 0 Å². The van der Waals surface area contributed by atoms with Crippen LogP contribution >= 0.6 is 11.3 Å². The number of nitrogen functional groups attached to an aromatic ring is 1. The lowest BCUT2D eigenvalue weighted by molar-refractivity contribution is 0.0533. The third kappa shape index (κ3) is 3.04. The quantitative estimate of drug-likeness (QED) is 0.811. The summed E-state index contributed by atoms with van der Waals surface area (Å²) in [6, 6.07) is 0. The van der Waals surface area contributed by atoms with Crippen LogP contribution in [0.2, 0.25) is 0 Å². The summed E-state index contributed by atoms with van der Waals surface area (Å²) in [6.07, 6.45) is 0. The van der Waals surface area contributed by atoms with E-state index in [9.17, 15) is 9.59 Å². The summed E-state index contributed by atoms with van der Waals surface area (Å²) in [6.45, 7) is 7.29. The highest BCUT2D eigenvalue weighted by atomic mass is 32.1. The minimum Gasteiger partial charge on any atom is -0.465 e. The molecule has 0 atom stereocenters. The van der Waals surface area contributed by atoms with Gasteiger partial charge < -0.3 is 20.1 Å². The number of nitrogens with two attached hydrogens (primary N) is 1. The fourth-order valence-electron chi connectivity index (χ4n) is 1.81. The minimum absolute atomic E-state index is 0.127. The van der Waals surface area contributed by atoms with E-state index in [1.165, 1.54) is 7.11 Å². The van der Waals surface area contributed by atoms with Gasteiger partial charge in [-0.1, -0.05) is 0 Å². The first-order valence-electron chi connectivity index (χ1n) is 6.44. The maximum atomic E-state index is 11.9. The number of rotatable bonds is 6. The van der Waals surface area contributed by atoms with Gasteiger partial charge in [-0.05, 0) is 20.8 Å². The van der Waals surface area contributed by atoms with Crippen molar-refractivity contribution in [3.05, 3.63) is 10.4 Å². The number of ether oxygens (including phenoxy) is 2. The predicted molar refractivity (Wildman–Crippen MR) is 79.6 cm³/mol. The number of nitrogens with zero attached hydrogens (tertiary/aromatic N) is 1. The van der Waals surface area contributed by atoms with Gasteiger partial charge in [0.05, 0.1) is 19.4 Å². The van der Waals surface area contributed by atoms with Crippen molar-refractivity contribution in [1.82, 2.24) is 0 Å². The number of hydrogen-bond acceptors (Lipinski definition) is 7. The number of thiophene rings is 1. The van der Waals surface area contributed by atoms with Gasteiger partial charge in [0.1, 0.15) is 15.4 Å². The first-order valence-corrected chi connectivity index (χ1v) is 7.25. The van der Waals surface area contributed by atoms with Crippen LogP contribution in [0.5, 0.6) is 0 Å². The van der Waals surface area contributed by atoms with E-state index in [0.717, 1.165) is 11.3 Å². The Balaban J connectivity index is 3.38. The molecule has 0 fully saturated rings. The Labute approximate surface area is 122 Å². The number of carbonyl (C=O) groups excluding carboxylic acids is 2. The van der Waals surface area contributed by atoms with Crippen molar-refractivity contribution in [2.45, 2.75) is 20.8 Å². The molecule has 1 aromatic heterocycles. The van der Waals surface area contributed by atoms with Crippen LogP contribution in [0.25, 0.3) is 0 Å². The van der Waals surface area contributed by atoms with Crippen LogP contribution in [0, 0.1) is 0 Å². The minimum atomic E-state index is -0.545. The zero-order valence-corrected chi connectivity index (χ0v) is 13.0. The molecule has 2 N–H and O–H groups in total. The van der Waals surface area contributed by atoms with E-state index < -0.39 is 11.9 Å². The molecule has 0 spiro atoms. The normalized spacial score (nSPS) is 10.2. The van der Waals surface area contributed by atoms with Gasteiger partial charge in [0, 0.05) is 13.1 Å². The Bertz CT molecular complexity index is 495. The van der Waals surface area contributed by atoms with Crippen molar-refractivity contribution >= 4 is 34.0 Å². The Morgan fingerprint density at radius 1 is 1.20 bits per heavy atom. The lowest BCUT2D eigenvalue weighted by Crippen LogP contribution is -2.23. The molecule has 0 saturated heterocycles. The molecule has 0 aromatic carbocycles. The molecule has 0 bridgehead atoms. The molecule has 112 valence electrons. The maximum absolute atomic E-state index is 11.9. The highest BCUT2D eigenvalue weighted by Crippen LogP contribution is 2.39. The van der Waals surface area contributed by atoms with E-state index in [4.69, 9.17) is 15.2 Å². The zero-order chi connectivity index (χ0) is 15.3. The molecule has 0 aliphatic rings. The van der Waals surface area contributed by atoms with Gasteiger partial charge in [0.2, 0.25) is 0 Å². The summed E-state index contributed by atoms with van der Waals surface area (Å²) in [4.78, 5) is 26.0. The summed E-state index contributed by atoms with van der Waals surface area (Å²) in [5.41, 5.74) is 6.31. The molecule has 1 heterocycles. The first kappa shape index (κ1) is 16.3. The second-order valence-corrected chi connectivity index (χ2v) is 4.91. The van der Waals surface area contributed by atoms with Crippen molar-refractivity contribution in [2.75, 3.05) is 37.4 Å². The van der Waals surface area contributed by atoms with Gasteiger partial charge in [-0.25, -0.2) is 9.59 Å². The van der Waals surface area contributed by atoms with E-state index in [-0.39, 0.29) is 22.7 Å². The summed E-state index contributed by atoms with van der Waals surface area (Å²) < 4.78 is 9.72. The van der Waals surface area contributed by atoms with Crippen LogP contribution in [0.4, 0.5) is 10.7 Å². The van der Waals surface area contributed by atoms with Crippen molar-refractivity contribution < 1.29 is 19.1 Å². The molecule has 7 heteroatoms. The predicted octanol–water partition coefficient (Wildman–Crippen LogP) is 2.14. The molecule has 20 heavy (non-hydrogen) atoms. The number of anilines is 2. The average molecular weight is 300 g/mol. The van der Waals surface area contributed by atoms with Crippen LogP contribution in [0.1, 0.15) is 40.8 Å².